The van der Waals surface area contributed by atoms with Crippen molar-refractivity contribution >= 4 is 88.5 Å². The lowest BCUT2D eigenvalue weighted by Crippen LogP contribution is -2.16. The fourth-order valence-corrected chi connectivity index (χ4v) is 4.66. The van der Waals surface area contributed by atoms with Gasteiger partial charge in [0.1, 0.15) is 5.58 Å². The van der Waals surface area contributed by atoms with Crippen LogP contribution in [0.3, 0.4) is 0 Å². The van der Waals surface area contributed by atoms with Gasteiger partial charge in [-0.3, -0.25) is 4.79 Å². The van der Waals surface area contributed by atoms with Crippen molar-refractivity contribution < 1.29 is 23.8 Å². The number of nitrogens with zero attached hydrogens (tertiary/aromatic N) is 1. The maximum Gasteiger partial charge on any atom is 0.341 e. The third-order valence-electron chi connectivity index (χ3n) is 3.50. The van der Waals surface area contributed by atoms with Gasteiger partial charge < -0.3 is 14.3 Å². The highest BCUT2D eigenvalue weighted by Crippen LogP contribution is 2.34. The number of aliphatic carboxylic acids is 1. The number of hydrogen-bond acceptors (Lipinski definition) is 5. The molecular weight excluding hydrogens is 599 g/mol. The average Bonchev–Trinajstić information content (AvgIpc) is 3.05. The van der Waals surface area contributed by atoms with Gasteiger partial charge in [-0.15, -0.1) is 0 Å². The van der Waals surface area contributed by atoms with Crippen molar-refractivity contribution in [3.05, 3.63) is 60.1 Å². The number of hydrazone groups is 1. The van der Waals surface area contributed by atoms with E-state index >= 15 is 0 Å². The van der Waals surface area contributed by atoms with Gasteiger partial charge in [-0.05, 0) is 67.8 Å². The first-order valence-corrected chi connectivity index (χ1v) is 10.6. The van der Waals surface area contributed by atoms with Gasteiger partial charge in [0.15, 0.2) is 18.1 Å². The minimum atomic E-state index is -1.12. The lowest BCUT2D eigenvalue weighted by Gasteiger charge is -2.08. The first-order chi connectivity index (χ1) is 13.7. The number of carbonyl (C=O) groups excluding carboxylic acids is 1. The molecule has 3 rings (SSSR count). The van der Waals surface area contributed by atoms with Gasteiger partial charge in [-0.25, -0.2) is 10.2 Å². The quantitative estimate of drug-likeness (QED) is 0.280. The molecular formula is C18H10Br3ClN2O5. The van der Waals surface area contributed by atoms with E-state index < -0.39 is 18.5 Å². The normalized spacial score (nSPS) is 11.2. The average molecular weight is 609 g/mol. The monoisotopic (exact) mass is 606 g/mol. The van der Waals surface area contributed by atoms with E-state index in [0.29, 0.717) is 20.1 Å². The number of benzene rings is 2. The molecule has 0 aliphatic heterocycles. The molecule has 150 valence electrons. The zero-order valence-electron chi connectivity index (χ0n) is 14.2. The Morgan fingerprint density at radius 1 is 1.17 bits per heavy atom. The zero-order valence-corrected chi connectivity index (χ0v) is 19.7. The van der Waals surface area contributed by atoms with E-state index in [1.165, 1.54) is 12.3 Å². The van der Waals surface area contributed by atoms with Crippen molar-refractivity contribution in [2.24, 2.45) is 5.10 Å². The number of furan rings is 1. The molecule has 2 N–H and O–H groups in total. The summed E-state index contributed by atoms with van der Waals surface area (Å²) < 4.78 is 12.7. The molecule has 7 nitrogen and oxygen atoms in total. The number of halogens is 4. The summed E-state index contributed by atoms with van der Waals surface area (Å²) in [5, 5.41) is 13.5. The van der Waals surface area contributed by atoms with Crippen LogP contribution in [0.25, 0.3) is 11.0 Å². The third-order valence-corrected chi connectivity index (χ3v) is 5.42. The second-order valence-corrected chi connectivity index (χ2v) is 8.64. The molecule has 1 amide bonds. The first-order valence-electron chi connectivity index (χ1n) is 7.80. The van der Waals surface area contributed by atoms with Crippen LogP contribution in [0.15, 0.2) is 53.3 Å². The van der Waals surface area contributed by atoms with Gasteiger partial charge in [0.25, 0.3) is 0 Å². The number of hydrogen-bond donors (Lipinski definition) is 2. The molecule has 0 bridgehead atoms. The predicted molar refractivity (Wildman–Crippen MR) is 119 cm³/mol. The van der Waals surface area contributed by atoms with Crippen LogP contribution in [0, 0.1) is 0 Å². The second kappa shape index (κ2) is 9.29. The summed E-state index contributed by atoms with van der Waals surface area (Å²) in [6.07, 6.45) is 1.38. The van der Waals surface area contributed by atoms with E-state index in [1.807, 2.05) is 12.1 Å². The fourth-order valence-electron chi connectivity index (χ4n) is 2.33. The highest BCUT2D eigenvalue weighted by molar-refractivity contribution is 9.11. The Labute approximate surface area is 194 Å². The Hall–Kier alpha value is -1.88. The topological polar surface area (TPSA) is 101 Å². The third kappa shape index (κ3) is 5.39. The zero-order chi connectivity index (χ0) is 21.1. The van der Waals surface area contributed by atoms with Gasteiger partial charge in [-0.1, -0.05) is 27.5 Å². The lowest BCUT2D eigenvalue weighted by molar-refractivity contribution is -0.139. The summed E-state index contributed by atoms with van der Waals surface area (Å²) in [7, 11) is 0. The van der Waals surface area contributed by atoms with Crippen LogP contribution in [-0.4, -0.2) is 29.8 Å². The number of ether oxygens (including phenoxy) is 1. The first kappa shape index (κ1) is 21.8. The Morgan fingerprint density at radius 2 is 1.93 bits per heavy atom. The van der Waals surface area contributed by atoms with E-state index in [2.05, 4.69) is 58.3 Å². The maximum absolute atomic E-state index is 12.3. The molecule has 0 radical (unpaired) electrons. The summed E-state index contributed by atoms with van der Waals surface area (Å²) >= 11 is 16.1. The van der Waals surface area contributed by atoms with Crippen LogP contribution < -0.4 is 10.2 Å². The molecule has 0 aliphatic carbocycles. The second-order valence-electron chi connectivity index (χ2n) is 5.61. The summed E-state index contributed by atoms with van der Waals surface area (Å²) in [6.45, 7) is -0.522. The largest absolute Gasteiger partial charge is 0.479 e. The van der Waals surface area contributed by atoms with Crippen molar-refractivity contribution in [3.8, 4) is 5.75 Å². The van der Waals surface area contributed by atoms with E-state index in [0.717, 1.165) is 9.86 Å². The van der Waals surface area contributed by atoms with Crippen molar-refractivity contribution in [1.29, 1.82) is 0 Å². The van der Waals surface area contributed by atoms with Gasteiger partial charge in [-0.2, -0.15) is 5.10 Å². The summed E-state index contributed by atoms with van der Waals surface area (Å²) in [5.41, 5.74) is 3.49. The molecule has 0 atom stereocenters. The highest BCUT2D eigenvalue weighted by atomic mass is 79.9. The van der Waals surface area contributed by atoms with Gasteiger partial charge in [0, 0.05) is 9.86 Å². The SMILES string of the molecule is O=C(O)COc1c(Cl)cc(/C=N\NC(=O)c2cc3cc(Br)cc(Br)c3o2)cc1Br. The van der Waals surface area contributed by atoms with Crippen molar-refractivity contribution in [2.75, 3.05) is 6.61 Å². The molecule has 2 aromatic carbocycles. The minimum Gasteiger partial charge on any atom is -0.479 e. The molecule has 0 saturated carbocycles. The summed E-state index contributed by atoms with van der Waals surface area (Å²) in [4.78, 5) is 22.9. The van der Waals surface area contributed by atoms with Gasteiger partial charge in [0.2, 0.25) is 0 Å². The van der Waals surface area contributed by atoms with Gasteiger partial charge in [0.05, 0.1) is 20.2 Å². The maximum atomic E-state index is 12.3. The van der Waals surface area contributed by atoms with Crippen LogP contribution in [0.2, 0.25) is 5.02 Å². The standard InChI is InChI=1S/C18H10Br3ClN2O5/c19-10-3-9-4-14(29-16(9)12(21)5-10)18(27)24-23-6-8-1-11(20)17(13(22)2-8)28-7-15(25)26/h1-6H,7H2,(H,24,27)(H,25,26)/b23-6-. The number of rotatable bonds is 6. The fraction of sp³-hybridized carbons (Fsp3) is 0.0556. The molecule has 29 heavy (non-hydrogen) atoms. The van der Waals surface area contributed by atoms with E-state index in [9.17, 15) is 9.59 Å². The number of carboxylic acids is 1. The minimum absolute atomic E-state index is 0.104. The molecule has 3 aromatic rings. The van der Waals surface area contributed by atoms with E-state index in [-0.39, 0.29) is 16.5 Å². The molecule has 0 spiro atoms. The molecule has 0 unspecified atom stereocenters. The smallest absolute Gasteiger partial charge is 0.341 e. The van der Waals surface area contributed by atoms with Crippen molar-refractivity contribution in [2.45, 2.75) is 0 Å². The Bertz CT molecular complexity index is 1120. The molecule has 1 heterocycles. The lowest BCUT2D eigenvalue weighted by atomic mass is 10.2. The van der Waals surface area contributed by atoms with Crippen LogP contribution in [0.4, 0.5) is 0 Å². The van der Waals surface area contributed by atoms with Crippen LogP contribution in [0.5, 0.6) is 5.75 Å². The molecule has 0 aliphatic rings. The summed E-state index contributed by atoms with van der Waals surface area (Å²) in [6, 6.07) is 8.40. The van der Waals surface area contributed by atoms with E-state index in [4.69, 9.17) is 25.9 Å². The number of fused-ring (bicyclic) bond motifs is 1. The highest BCUT2D eigenvalue weighted by Gasteiger charge is 2.14. The van der Waals surface area contributed by atoms with Crippen molar-refractivity contribution in [3.63, 3.8) is 0 Å². The van der Waals surface area contributed by atoms with Crippen LogP contribution in [-0.2, 0) is 4.79 Å². The van der Waals surface area contributed by atoms with Crippen molar-refractivity contribution in [1.82, 2.24) is 5.43 Å². The number of nitrogens with one attached hydrogen (secondary N) is 1. The number of carbonyl (C=O) groups is 2. The van der Waals surface area contributed by atoms with Crippen LogP contribution in [0.1, 0.15) is 16.1 Å². The number of carboxylic acid groups (broad SMARTS) is 1. The Balaban J connectivity index is 1.72. The summed E-state index contributed by atoms with van der Waals surface area (Å²) in [5.74, 6) is -1.33. The number of amides is 1. The molecule has 0 fully saturated rings. The van der Waals surface area contributed by atoms with E-state index in [1.54, 1.807) is 12.1 Å². The molecule has 1 aromatic heterocycles. The predicted octanol–water partition coefficient (Wildman–Crippen LogP) is 5.60. The Morgan fingerprint density at radius 3 is 2.62 bits per heavy atom. The molecule has 11 heteroatoms. The molecule has 0 saturated heterocycles. The van der Waals surface area contributed by atoms with Gasteiger partial charge >= 0.3 is 11.9 Å². The van der Waals surface area contributed by atoms with Crippen LogP contribution >= 0.6 is 59.4 Å². The Kier molecular flexibility index (Phi) is 6.99.